The molecule has 6 heteroatoms. The molecule has 0 bridgehead atoms. The van der Waals surface area contributed by atoms with Crippen molar-refractivity contribution in [1.29, 1.82) is 0 Å². The van der Waals surface area contributed by atoms with Crippen LogP contribution in [-0.4, -0.2) is 51.8 Å². The lowest BCUT2D eigenvalue weighted by molar-refractivity contribution is -0.142. The van der Waals surface area contributed by atoms with Crippen molar-refractivity contribution in [3.8, 4) is 22.5 Å². The van der Waals surface area contributed by atoms with Gasteiger partial charge < -0.3 is 9.64 Å². The third-order valence-corrected chi connectivity index (χ3v) is 7.69. The van der Waals surface area contributed by atoms with Crippen molar-refractivity contribution in [2.24, 2.45) is 5.41 Å². The lowest BCUT2D eigenvalue weighted by Gasteiger charge is -2.34. The third-order valence-electron chi connectivity index (χ3n) is 7.69. The number of ether oxygens (including phenoxy) is 1. The van der Waals surface area contributed by atoms with E-state index in [0.29, 0.717) is 11.3 Å². The Morgan fingerprint density at radius 2 is 1.69 bits per heavy atom. The number of piperidine rings is 1. The number of likely N-dealkylation sites (tertiary alicyclic amines) is 1. The largest absolute Gasteiger partial charge is 0.368 e. The van der Waals surface area contributed by atoms with Gasteiger partial charge in [-0.2, -0.15) is 5.10 Å². The molecule has 2 atom stereocenters. The molecule has 0 radical (unpaired) electrons. The highest BCUT2D eigenvalue weighted by Gasteiger charge is 2.55. The topological polar surface area (TPSA) is 71.1 Å². The summed E-state index contributed by atoms with van der Waals surface area (Å²) in [5.74, 6) is 1.63. The minimum atomic E-state index is -0.184. The van der Waals surface area contributed by atoms with Gasteiger partial charge in [0.1, 0.15) is 12.4 Å². The summed E-state index contributed by atoms with van der Waals surface area (Å²) in [7, 11) is 0. The fraction of sp³-hybridized carbons (Fsp3) is 0.423. The molecule has 2 aromatic carbocycles. The summed E-state index contributed by atoms with van der Waals surface area (Å²) in [6, 6.07) is 17.5. The van der Waals surface area contributed by atoms with Crippen molar-refractivity contribution in [3.63, 3.8) is 0 Å². The number of carbonyl (C=O) groups excluding carboxylic acids is 1. The van der Waals surface area contributed by atoms with Crippen LogP contribution in [0.4, 0.5) is 0 Å². The van der Waals surface area contributed by atoms with E-state index in [4.69, 9.17) is 4.74 Å². The SMILES string of the molecule is O=C([C@H]1CCCO1)N1CCC2(CC1)C[C@@H]2c1ccc(-c2ccc(-c3ncn[nH]3)cc2)cc1. The van der Waals surface area contributed by atoms with Crippen LogP contribution in [0.3, 0.4) is 0 Å². The molecule has 1 saturated carbocycles. The van der Waals surface area contributed by atoms with Gasteiger partial charge in [0.2, 0.25) is 0 Å². The quantitative estimate of drug-likeness (QED) is 0.668. The summed E-state index contributed by atoms with van der Waals surface area (Å²) in [5, 5.41) is 6.82. The monoisotopic (exact) mass is 428 g/mol. The number of nitrogens with zero attached hydrogens (tertiary/aromatic N) is 3. The summed E-state index contributed by atoms with van der Waals surface area (Å²) in [6.45, 7) is 2.49. The molecule has 1 aliphatic carbocycles. The molecular formula is C26H28N4O2. The van der Waals surface area contributed by atoms with Gasteiger partial charge in [-0.1, -0.05) is 48.5 Å². The van der Waals surface area contributed by atoms with Crippen LogP contribution in [0, 0.1) is 5.41 Å². The van der Waals surface area contributed by atoms with Gasteiger partial charge in [0.05, 0.1) is 0 Å². The number of benzene rings is 2. The lowest BCUT2D eigenvalue weighted by Crippen LogP contribution is -2.44. The molecular weight excluding hydrogens is 400 g/mol. The standard InChI is InChI=1S/C26H28N4O2/c31-25(23-2-1-15-32-23)30-13-11-26(12-14-30)16-22(26)20-7-3-18(4-8-20)19-5-9-21(10-6-19)24-27-17-28-29-24/h3-10,17,22-23H,1-2,11-16H2,(H,27,28,29)/t22-,23-/m1/s1. The predicted molar refractivity (Wildman–Crippen MR) is 122 cm³/mol. The second-order valence-corrected chi connectivity index (χ2v) is 9.48. The molecule has 2 aliphatic heterocycles. The van der Waals surface area contributed by atoms with E-state index in [1.54, 1.807) is 0 Å². The first-order valence-electron chi connectivity index (χ1n) is 11.7. The highest BCUT2D eigenvalue weighted by Crippen LogP contribution is 2.65. The molecule has 1 N–H and O–H groups in total. The molecule has 1 amide bonds. The molecule has 3 aliphatic rings. The fourth-order valence-electron chi connectivity index (χ4n) is 5.59. The summed E-state index contributed by atoms with van der Waals surface area (Å²) in [6.07, 6.45) is 6.72. The zero-order valence-corrected chi connectivity index (χ0v) is 18.2. The predicted octanol–water partition coefficient (Wildman–Crippen LogP) is 4.41. The number of aromatic nitrogens is 3. The van der Waals surface area contributed by atoms with Crippen LogP contribution in [0.2, 0.25) is 0 Å². The Labute approximate surface area is 188 Å². The maximum absolute atomic E-state index is 12.6. The molecule has 3 aromatic rings. The smallest absolute Gasteiger partial charge is 0.251 e. The van der Waals surface area contributed by atoms with E-state index in [1.807, 2.05) is 4.90 Å². The minimum absolute atomic E-state index is 0.184. The summed E-state index contributed by atoms with van der Waals surface area (Å²) in [5.41, 5.74) is 5.29. The van der Waals surface area contributed by atoms with Crippen molar-refractivity contribution in [2.45, 2.75) is 44.1 Å². The molecule has 1 aromatic heterocycles. The van der Waals surface area contributed by atoms with Crippen molar-refractivity contribution in [1.82, 2.24) is 20.1 Å². The number of nitrogens with one attached hydrogen (secondary N) is 1. The minimum Gasteiger partial charge on any atom is -0.368 e. The lowest BCUT2D eigenvalue weighted by atomic mass is 9.88. The second-order valence-electron chi connectivity index (χ2n) is 9.48. The van der Waals surface area contributed by atoms with E-state index in [2.05, 4.69) is 63.7 Å². The van der Waals surface area contributed by atoms with Gasteiger partial charge in [0, 0.05) is 25.3 Å². The number of H-pyrrole nitrogens is 1. The number of hydrogen-bond donors (Lipinski definition) is 1. The first-order chi connectivity index (χ1) is 15.7. The molecule has 164 valence electrons. The fourth-order valence-corrected chi connectivity index (χ4v) is 5.59. The van der Waals surface area contributed by atoms with Crippen molar-refractivity contribution >= 4 is 5.91 Å². The average molecular weight is 429 g/mol. The molecule has 6 rings (SSSR count). The summed E-state index contributed by atoms with van der Waals surface area (Å²) in [4.78, 5) is 18.9. The van der Waals surface area contributed by atoms with E-state index in [0.717, 1.165) is 56.8 Å². The van der Waals surface area contributed by atoms with Gasteiger partial charge in [-0.15, -0.1) is 0 Å². The number of amides is 1. The molecule has 1 spiro atoms. The number of hydrogen-bond acceptors (Lipinski definition) is 4. The number of aromatic amines is 1. The Balaban J connectivity index is 1.09. The van der Waals surface area contributed by atoms with E-state index < -0.39 is 0 Å². The molecule has 0 unspecified atom stereocenters. The van der Waals surface area contributed by atoms with E-state index in [9.17, 15) is 4.79 Å². The van der Waals surface area contributed by atoms with Gasteiger partial charge in [-0.25, -0.2) is 4.98 Å². The number of rotatable bonds is 4. The Hall–Kier alpha value is -2.99. The van der Waals surface area contributed by atoms with Gasteiger partial charge >= 0.3 is 0 Å². The zero-order valence-electron chi connectivity index (χ0n) is 18.2. The number of carbonyl (C=O) groups is 1. The molecule has 6 nitrogen and oxygen atoms in total. The van der Waals surface area contributed by atoms with Crippen LogP contribution >= 0.6 is 0 Å². The molecule has 3 fully saturated rings. The van der Waals surface area contributed by atoms with Gasteiger partial charge in [-0.3, -0.25) is 9.89 Å². The zero-order chi connectivity index (χ0) is 21.5. The van der Waals surface area contributed by atoms with Crippen LogP contribution < -0.4 is 0 Å². The Bertz CT molecular complexity index is 1080. The highest BCUT2D eigenvalue weighted by molar-refractivity contribution is 5.81. The van der Waals surface area contributed by atoms with Crippen molar-refractivity contribution in [3.05, 3.63) is 60.4 Å². The first kappa shape index (κ1) is 19.7. The van der Waals surface area contributed by atoms with E-state index >= 15 is 0 Å². The van der Waals surface area contributed by atoms with Gasteiger partial charge in [0.25, 0.3) is 5.91 Å². The van der Waals surface area contributed by atoms with E-state index in [1.165, 1.54) is 29.4 Å². The van der Waals surface area contributed by atoms with Crippen LogP contribution in [0.1, 0.15) is 43.6 Å². The van der Waals surface area contributed by atoms with Crippen molar-refractivity contribution < 1.29 is 9.53 Å². The maximum Gasteiger partial charge on any atom is 0.251 e. The Morgan fingerprint density at radius 1 is 1.00 bits per heavy atom. The van der Waals surface area contributed by atoms with Crippen LogP contribution in [-0.2, 0) is 9.53 Å². The van der Waals surface area contributed by atoms with Crippen LogP contribution in [0.5, 0.6) is 0 Å². The molecule has 32 heavy (non-hydrogen) atoms. The van der Waals surface area contributed by atoms with E-state index in [-0.39, 0.29) is 12.0 Å². The third kappa shape index (κ3) is 3.52. The van der Waals surface area contributed by atoms with Crippen molar-refractivity contribution in [2.75, 3.05) is 19.7 Å². The average Bonchev–Trinajstić information content (AvgIpc) is 3.28. The molecule has 3 heterocycles. The molecule has 2 saturated heterocycles. The Morgan fingerprint density at radius 3 is 2.31 bits per heavy atom. The first-order valence-corrected chi connectivity index (χ1v) is 11.7. The van der Waals surface area contributed by atoms with Gasteiger partial charge in [0.15, 0.2) is 5.82 Å². The second kappa shape index (κ2) is 7.85. The highest BCUT2D eigenvalue weighted by atomic mass is 16.5. The maximum atomic E-state index is 12.6. The normalized spacial score (nSPS) is 24.1. The summed E-state index contributed by atoms with van der Waals surface area (Å²) < 4.78 is 5.60. The Kier molecular flexibility index (Phi) is 4.83. The summed E-state index contributed by atoms with van der Waals surface area (Å²) >= 11 is 0. The van der Waals surface area contributed by atoms with Crippen LogP contribution in [0.15, 0.2) is 54.9 Å². The van der Waals surface area contributed by atoms with Crippen LogP contribution in [0.25, 0.3) is 22.5 Å². The van der Waals surface area contributed by atoms with Gasteiger partial charge in [-0.05, 0) is 60.1 Å².